The number of amides is 1. The molecular weight excluding hydrogens is 244 g/mol. The van der Waals surface area contributed by atoms with Gasteiger partial charge >= 0.3 is 5.97 Å². The molecule has 17 heavy (non-hydrogen) atoms. The van der Waals surface area contributed by atoms with Gasteiger partial charge in [0.1, 0.15) is 5.56 Å². The number of carbonyl (C=O) groups is 2. The molecule has 0 unspecified atom stereocenters. The maximum atomic E-state index is 11.5. The molecule has 0 aliphatic heterocycles. The second-order valence-corrected chi connectivity index (χ2v) is 3.82. The number of hydrogen-bond donors (Lipinski definition) is 3. The van der Waals surface area contributed by atoms with Crippen molar-refractivity contribution in [3.8, 4) is 0 Å². The standard InChI is InChI=1S/C11H13ClN2O3/c12-7-3-1-4-8(10(7)11(16)17)14-9(15)5-2-6-13/h1,3-4H,2,5-6,13H2,(H,14,15)(H,16,17). The van der Waals surface area contributed by atoms with Gasteiger partial charge in [0.25, 0.3) is 0 Å². The lowest BCUT2D eigenvalue weighted by atomic mass is 10.1. The largest absolute Gasteiger partial charge is 0.478 e. The molecule has 1 aromatic rings. The van der Waals surface area contributed by atoms with E-state index < -0.39 is 5.97 Å². The van der Waals surface area contributed by atoms with Crippen molar-refractivity contribution in [3.05, 3.63) is 28.8 Å². The van der Waals surface area contributed by atoms with E-state index in [9.17, 15) is 9.59 Å². The molecule has 1 aromatic carbocycles. The third-order valence-electron chi connectivity index (χ3n) is 2.11. The van der Waals surface area contributed by atoms with Crippen LogP contribution in [-0.4, -0.2) is 23.5 Å². The molecule has 0 spiro atoms. The van der Waals surface area contributed by atoms with E-state index in [4.69, 9.17) is 22.4 Å². The zero-order valence-electron chi connectivity index (χ0n) is 9.07. The van der Waals surface area contributed by atoms with Crippen molar-refractivity contribution < 1.29 is 14.7 Å². The topological polar surface area (TPSA) is 92.4 Å². The van der Waals surface area contributed by atoms with E-state index in [-0.39, 0.29) is 28.6 Å². The molecule has 5 nitrogen and oxygen atoms in total. The normalized spacial score (nSPS) is 10.0. The number of halogens is 1. The Morgan fingerprint density at radius 2 is 2.12 bits per heavy atom. The van der Waals surface area contributed by atoms with Crippen molar-refractivity contribution in [1.82, 2.24) is 0 Å². The smallest absolute Gasteiger partial charge is 0.339 e. The Bertz CT molecular complexity index is 435. The number of benzene rings is 1. The van der Waals surface area contributed by atoms with E-state index in [1.807, 2.05) is 0 Å². The van der Waals surface area contributed by atoms with Crippen molar-refractivity contribution in [2.24, 2.45) is 5.73 Å². The Morgan fingerprint density at radius 1 is 1.41 bits per heavy atom. The van der Waals surface area contributed by atoms with Crippen LogP contribution in [-0.2, 0) is 4.79 Å². The molecule has 0 heterocycles. The molecule has 1 amide bonds. The monoisotopic (exact) mass is 256 g/mol. The summed E-state index contributed by atoms with van der Waals surface area (Å²) in [5, 5.41) is 11.6. The lowest BCUT2D eigenvalue weighted by Gasteiger charge is -2.09. The van der Waals surface area contributed by atoms with Crippen molar-refractivity contribution >= 4 is 29.2 Å². The highest BCUT2D eigenvalue weighted by atomic mass is 35.5. The van der Waals surface area contributed by atoms with Gasteiger partial charge in [-0.1, -0.05) is 17.7 Å². The van der Waals surface area contributed by atoms with Crippen LogP contribution < -0.4 is 11.1 Å². The van der Waals surface area contributed by atoms with Crippen LogP contribution in [0.5, 0.6) is 0 Å². The van der Waals surface area contributed by atoms with E-state index in [1.54, 1.807) is 6.07 Å². The molecule has 0 fully saturated rings. The highest BCUT2D eigenvalue weighted by molar-refractivity contribution is 6.34. The fraction of sp³-hybridized carbons (Fsp3) is 0.273. The molecule has 6 heteroatoms. The summed E-state index contributed by atoms with van der Waals surface area (Å²) in [5.41, 5.74) is 5.38. The summed E-state index contributed by atoms with van der Waals surface area (Å²) in [6.45, 7) is 0.411. The van der Waals surface area contributed by atoms with Crippen molar-refractivity contribution in [2.75, 3.05) is 11.9 Å². The first-order valence-corrected chi connectivity index (χ1v) is 5.45. The summed E-state index contributed by atoms with van der Waals surface area (Å²) in [5.74, 6) is -1.45. The van der Waals surface area contributed by atoms with Crippen molar-refractivity contribution in [2.45, 2.75) is 12.8 Å². The molecule has 1 rings (SSSR count). The van der Waals surface area contributed by atoms with Crippen LogP contribution in [0.4, 0.5) is 5.69 Å². The Balaban J connectivity index is 2.87. The second-order valence-electron chi connectivity index (χ2n) is 3.41. The van der Waals surface area contributed by atoms with Gasteiger partial charge in [-0.25, -0.2) is 4.79 Å². The van der Waals surface area contributed by atoms with Crippen LogP contribution in [0.2, 0.25) is 5.02 Å². The first-order chi connectivity index (χ1) is 8.06. The predicted octanol–water partition coefficient (Wildman–Crippen LogP) is 1.72. The summed E-state index contributed by atoms with van der Waals surface area (Å²) in [6.07, 6.45) is 0.802. The summed E-state index contributed by atoms with van der Waals surface area (Å²) in [7, 11) is 0. The molecule has 0 aliphatic carbocycles. The molecule has 0 aliphatic rings. The van der Waals surface area contributed by atoms with E-state index in [2.05, 4.69) is 5.32 Å². The average Bonchev–Trinajstić information content (AvgIpc) is 2.25. The minimum Gasteiger partial charge on any atom is -0.478 e. The molecular formula is C11H13ClN2O3. The average molecular weight is 257 g/mol. The summed E-state index contributed by atoms with van der Waals surface area (Å²) in [6, 6.07) is 4.53. The van der Waals surface area contributed by atoms with E-state index >= 15 is 0 Å². The third kappa shape index (κ3) is 3.72. The highest BCUT2D eigenvalue weighted by Crippen LogP contribution is 2.24. The Morgan fingerprint density at radius 3 is 2.71 bits per heavy atom. The summed E-state index contributed by atoms with van der Waals surface area (Å²) >= 11 is 5.76. The van der Waals surface area contributed by atoms with Gasteiger partial charge < -0.3 is 16.2 Å². The predicted molar refractivity (Wildman–Crippen MR) is 65.3 cm³/mol. The van der Waals surface area contributed by atoms with Crippen LogP contribution in [0.25, 0.3) is 0 Å². The SMILES string of the molecule is NCCCC(=O)Nc1cccc(Cl)c1C(=O)O. The molecule has 0 aromatic heterocycles. The zero-order valence-corrected chi connectivity index (χ0v) is 9.83. The van der Waals surface area contributed by atoms with Gasteiger partial charge in [-0.05, 0) is 25.1 Å². The minimum absolute atomic E-state index is 0.0918. The number of nitrogens with two attached hydrogens (primary N) is 1. The maximum Gasteiger partial charge on any atom is 0.339 e. The zero-order chi connectivity index (χ0) is 12.8. The molecule has 0 radical (unpaired) electrons. The number of nitrogens with one attached hydrogen (secondary N) is 1. The number of aromatic carboxylic acids is 1. The van der Waals surface area contributed by atoms with Crippen LogP contribution in [0.1, 0.15) is 23.2 Å². The number of anilines is 1. The van der Waals surface area contributed by atoms with E-state index in [0.29, 0.717) is 13.0 Å². The number of rotatable bonds is 5. The fourth-order valence-corrected chi connectivity index (χ4v) is 1.58. The van der Waals surface area contributed by atoms with Crippen LogP contribution in [0.3, 0.4) is 0 Å². The lowest BCUT2D eigenvalue weighted by molar-refractivity contribution is -0.116. The first-order valence-electron chi connectivity index (χ1n) is 5.08. The second kappa shape index (κ2) is 6.22. The van der Waals surface area contributed by atoms with Gasteiger partial charge in [0, 0.05) is 6.42 Å². The summed E-state index contributed by atoms with van der Waals surface area (Å²) < 4.78 is 0. The third-order valence-corrected chi connectivity index (χ3v) is 2.42. The highest BCUT2D eigenvalue weighted by Gasteiger charge is 2.15. The first kappa shape index (κ1) is 13.5. The van der Waals surface area contributed by atoms with Gasteiger partial charge in [-0.3, -0.25) is 4.79 Å². The number of carboxylic acid groups (broad SMARTS) is 1. The summed E-state index contributed by atoms with van der Waals surface area (Å²) in [4.78, 5) is 22.4. The quantitative estimate of drug-likeness (QED) is 0.748. The van der Waals surface area contributed by atoms with Crippen LogP contribution in [0, 0.1) is 0 Å². The van der Waals surface area contributed by atoms with Gasteiger partial charge in [-0.15, -0.1) is 0 Å². The van der Waals surface area contributed by atoms with E-state index in [1.165, 1.54) is 12.1 Å². The number of carboxylic acids is 1. The van der Waals surface area contributed by atoms with Gasteiger partial charge in [-0.2, -0.15) is 0 Å². The Hall–Kier alpha value is -1.59. The molecule has 0 saturated carbocycles. The van der Waals surface area contributed by atoms with Gasteiger partial charge in [0.15, 0.2) is 0 Å². The fourth-order valence-electron chi connectivity index (χ4n) is 1.32. The maximum absolute atomic E-state index is 11.5. The van der Waals surface area contributed by atoms with Crippen LogP contribution >= 0.6 is 11.6 Å². The van der Waals surface area contributed by atoms with Crippen LogP contribution in [0.15, 0.2) is 18.2 Å². The van der Waals surface area contributed by atoms with E-state index in [0.717, 1.165) is 0 Å². The van der Waals surface area contributed by atoms with Crippen molar-refractivity contribution in [3.63, 3.8) is 0 Å². The minimum atomic E-state index is -1.18. The lowest BCUT2D eigenvalue weighted by Crippen LogP contribution is -2.16. The molecule has 0 bridgehead atoms. The van der Waals surface area contributed by atoms with Crippen molar-refractivity contribution in [1.29, 1.82) is 0 Å². The molecule has 4 N–H and O–H groups in total. The number of carbonyl (C=O) groups excluding carboxylic acids is 1. The Kier molecular flexibility index (Phi) is 4.93. The van der Waals surface area contributed by atoms with Gasteiger partial charge in [0.05, 0.1) is 10.7 Å². The Labute approximate surface area is 104 Å². The number of hydrogen-bond acceptors (Lipinski definition) is 3. The van der Waals surface area contributed by atoms with Gasteiger partial charge in [0.2, 0.25) is 5.91 Å². The molecule has 92 valence electrons. The molecule has 0 atom stereocenters. The molecule has 0 saturated heterocycles.